The van der Waals surface area contributed by atoms with Crippen LogP contribution in [0.1, 0.15) is 31.1 Å². The number of carbonyl (C=O) groups excluding carboxylic acids is 1. The lowest BCUT2D eigenvalue weighted by Gasteiger charge is -2.43. The molecule has 3 nitrogen and oxygen atoms in total. The maximum atomic E-state index is 13.6. The van der Waals surface area contributed by atoms with Crippen LogP contribution in [0.15, 0.2) is 53.4 Å². The zero-order valence-corrected chi connectivity index (χ0v) is 17.5. The average Bonchev–Trinajstić information content (AvgIpc) is 2.65. The van der Waals surface area contributed by atoms with Gasteiger partial charge in [0.25, 0.3) is 0 Å². The summed E-state index contributed by atoms with van der Waals surface area (Å²) in [7, 11) is 0. The minimum atomic E-state index is -0.913. The molecule has 152 valence electrons. The van der Waals surface area contributed by atoms with Crippen LogP contribution in [-0.2, 0) is 4.79 Å². The van der Waals surface area contributed by atoms with Crippen LogP contribution in [0.25, 0.3) is 0 Å². The molecule has 2 aromatic rings. The second-order valence-electron chi connectivity index (χ2n) is 7.63. The zero-order valence-electron chi connectivity index (χ0n) is 15.9. The SMILES string of the molecule is CC1(C)CN(C(=O)C(Sc2ccc(F)c(F)c2)c2ccccc2)CCC1N.Cl. The Bertz CT molecular complexity index is 819. The summed E-state index contributed by atoms with van der Waals surface area (Å²) in [6.07, 6.45) is 0.746. The van der Waals surface area contributed by atoms with E-state index in [1.54, 1.807) is 0 Å². The van der Waals surface area contributed by atoms with Crippen molar-refractivity contribution in [1.82, 2.24) is 4.90 Å². The topological polar surface area (TPSA) is 46.3 Å². The van der Waals surface area contributed by atoms with Crippen molar-refractivity contribution in [3.05, 3.63) is 65.7 Å². The highest BCUT2D eigenvalue weighted by Gasteiger charge is 2.38. The molecule has 28 heavy (non-hydrogen) atoms. The van der Waals surface area contributed by atoms with Gasteiger partial charge in [-0.05, 0) is 35.6 Å². The van der Waals surface area contributed by atoms with Gasteiger partial charge in [0, 0.05) is 24.0 Å². The Morgan fingerprint density at radius 1 is 1.18 bits per heavy atom. The number of thioether (sulfide) groups is 1. The van der Waals surface area contributed by atoms with Crippen LogP contribution >= 0.6 is 24.2 Å². The summed E-state index contributed by atoms with van der Waals surface area (Å²) in [5.74, 6) is -1.84. The molecule has 0 aliphatic carbocycles. The summed E-state index contributed by atoms with van der Waals surface area (Å²) in [5, 5.41) is -0.527. The molecule has 1 fully saturated rings. The monoisotopic (exact) mass is 426 g/mol. The molecule has 0 radical (unpaired) electrons. The summed E-state index contributed by atoms with van der Waals surface area (Å²) in [4.78, 5) is 15.7. The highest BCUT2D eigenvalue weighted by molar-refractivity contribution is 8.00. The minimum Gasteiger partial charge on any atom is -0.341 e. The van der Waals surface area contributed by atoms with Gasteiger partial charge < -0.3 is 10.6 Å². The number of piperidine rings is 1. The summed E-state index contributed by atoms with van der Waals surface area (Å²) in [6.45, 7) is 5.31. The van der Waals surface area contributed by atoms with E-state index in [4.69, 9.17) is 5.73 Å². The third-order valence-electron chi connectivity index (χ3n) is 5.10. The molecule has 1 heterocycles. The lowest BCUT2D eigenvalue weighted by molar-refractivity contribution is -0.134. The van der Waals surface area contributed by atoms with E-state index in [1.807, 2.05) is 35.2 Å². The fraction of sp³-hybridized carbons (Fsp3) is 0.381. The summed E-state index contributed by atoms with van der Waals surface area (Å²) < 4.78 is 26.9. The van der Waals surface area contributed by atoms with Gasteiger partial charge in [0.05, 0.1) is 0 Å². The van der Waals surface area contributed by atoms with Crippen molar-refractivity contribution in [2.45, 2.75) is 36.5 Å². The van der Waals surface area contributed by atoms with Crippen molar-refractivity contribution in [3.8, 4) is 0 Å². The highest BCUT2D eigenvalue weighted by Crippen LogP contribution is 2.39. The van der Waals surface area contributed by atoms with E-state index in [-0.39, 0.29) is 29.8 Å². The maximum Gasteiger partial charge on any atom is 0.240 e. The van der Waals surface area contributed by atoms with Crippen molar-refractivity contribution in [2.75, 3.05) is 13.1 Å². The van der Waals surface area contributed by atoms with Crippen molar-refractivity contribution >= 4 is 30.1 Å². The molecule has 0 aromatic heterocycles. The number of halogens is 3. The fourth-order valence-corrected chi connectivity index (χ4v) is 4.44. The molecule has 2 atom stereocenters. The number of nitrogens with zero attached hydrogens (tertiary/aromatic N) is 1. The van der Waals surface area contributed by atoms with Gasteiger partial charge in [-0.25, -0.2) is 8.78 Å². The number of rotatable bonds is 4. The van der Waals surface area contributed by atoms with Crippen LogP contribution in [0.4, 0.5) is 8.78 Å². The Labute approximate surface area is 175 Å². The number of likely N-dealkylation sites (tertiary alicyclic amines) is 1. The number of hydrogen-bond acceptors (Lipinski definition) is 3. The first-order chi connectivity index (χ1) is 12.8. The maximum absolute atomic E-state index is 13.6. The van der Waals surface area contributed by atoms with E-state index in [1.165, 1.54) is 17.8 Å². The van der Waals surface area contributed by atoms with E-state index in [2.05, 4.69) is 13.8 Å². The van der Waals surface area contributed by atoms with Gasteiger partial charge in [-0.2, -0.15) is 0 Å². The molecule has 1 saturated heterocycles. The van der Waals surface area contributed by atoms with E-state index >= 15 is 0 Å². The van der Waals surface area contributed by atoms with Crippen molar-refractivity contribution < 1.29 is 13.6 Å². The molecule has 0 saturated carbocycles. The van der Waals surface area contributed by atoms with Crippen molar-refractivity contribution in [2.24, 2.45) is 11.1 Å². The van der Waals surface area contributed by atoms with Gasteiger partial charge >= 0.3 is 0 Å². The number of carbonyl (C=O) groups is 1. The summed E-state index contributed by atoms with van der Waals surface area (Å²) >= 11 is 1.24. The minimum absolute atomic E-state index is 0. The standard InChI is InChI=1S/C21H24F2N2OS.ClH/c1-21(2)13-25(11-10-18(21)24)20(26)19(14-6-4-3-5-7-14)27-15-8-9-16(22)17(23)12-15;/h3-9,12,18-19H,10-11,13,24H2,1-2H3;1H. The predicted octanol–water partition coefficient (Wildman–Crippen LogP) is 4.81. The molecule has 2 N–H and O–H groups in total. The lowest BCUT2D eigenvalue weighted by Crippen LogP contribution is -2.54. The normalized spacial score (nSPS) is 19.6. The molecule has 0 bridgehead atoms. The summed E-state index contributed by atoms with van der Waals surface area (Å²) in [6, 6.07) is 13.2. The Morgan fingerprint density at radius 2 is 1.86 bits per heavy atom. The van der Waals surface area contributed by atoms with Gasteiger partial charge in [0.15, 0.2) is 11.6 Å². The predicted molar refractivity (Wildman–Crippen MR) is 112 cm³/mol. The van der Waals surface area contributed by atoms with Crippen LogP contribution in [0.3, 0.4) is 0 Å². The van der Waals surface area contributed by atoms with E-state index in [9.17, 15) is 13.6 Å². The largest absolute Gasteiger partial charge is 0.341 e. The molecule has 1 aliphatic heterocycles. The van der Waals surface area contributed by atoms with Gasteiger partial charge in [0.2, 0.25) is 5.91 Å². The molecule has 2 unspecified atom stereocenters. The number of hydrogen-bond donors (Lipinski definition) is 1. The third kappa shape index (κ3) is 5.04. The van der Waals surface area contributed by atoms with Crippen molar-refractivity contribution in [1.29, 1.82) is 0 Å². The zero-order chi connectivity index (χ0) is 19.6. The second-order valence-corrected chi connectivity index (χ2v) is 8.81. The van der Waals surface area contributed by atoms with E-state index in [0.29, 0.717) is 18.0 Å². The molecule has 1 aliphatic rings. The van der Waals surface area contributed by atoms with Gasteiger partial charge in [0.1, 0.15) is 5.25 Å². The van der Waals surface area contributed by atoms with Crippen LogP contribution in [0, 0.1) is 17.0 Å². The first kappa shape index (κ1) is 22.7. The number of nitrogens with two attached hydrogens (primary N) is 1. The molecule has 0 spiro atoms. The number of benzene rings is 2. The number of amides is 1. The highest BCUT2D eigenvalue weighted by atomic mass is 35.5. The first-order valence-electron chi connectivity index (χ1n) is 8.99. The molecule has 2 aromatic carbocycles. The van der Waals surface area contributed by atoms with Gasteiger partial charge in [-0.1, -0.05) is 44.2 Å². The van der Waals surface area contributed by atoms with E-state index in [0.717, 1.165) is 24.1 Å². The van der Waals surface area contributed by atoms with Gasteiger partial charge in [-0.15, -0.1) is 24.2 Å². The third-order valence-corrected chi connectivity index (χ3v) is 6.33. The Morgan fingerprint density at radius 3 is 2.46 bits per heavy atom. The Kier molecular flexibility index (Phi) is 7.48. The lowest BCUT2D eigenvalue weighted by atomic mass is 9.79. The van der Waals surface area contributed by atoms with Crippen LogP contribution in [0.5, 0.6) is 0 Å². The molecule has 7 heteroatoms. The Hall–Kier alpha value is -1.63. The second kappa shape index (κ2) is 9.25. The fourth-order valence-electron chi connectivity index (χ4n) is 3.30. The molecular formula is C21H25ClF2N2OS. The van der Waals surface area contributed by atoms with E-state index < -0.39 is 16.9 Å². The molecular weight excluding hydrogens is 402 g/mol. The van der Waals surface area contributed by atoms with Crippen LogP contribution in [0.2, 0.25) is 0 Å². The van der Waals surface area contributed by atoms with Crippen LogP contribution < -0.4 is 5.73 Å². The molecule has 1 amide bonds. The smallest absolute Gasteiger partial charge is 0.240 e. The Balaban J connectivity index is 0.00000280. The van der Waals surface area contributed by atoms with Crippen LogP contribution in [-0.4, -0.2) is 29.9 Å². The van der Waals surface area contributed by atoms with Gasteiger partial charge in [-0.3, -0.25) is 4.79 Å². The average molecular weight is 427 g/mol. The first-order valence-corrected chi connectivity index (χ1v) is 9.87. The summed E-state index contributed by atoms with van der Waals surface area (Å²) in [5.41, 5.74) is 6.87. The van der Waals surface area contributed by atoms with Crippen molar-refractivity contribution in [3.63, 3.8) is 0 Å². The quantitative estimate of drug-likeness (QED) is 0.714. The molecule has 3 rings (SSSR count).